The third-order valence-electron chi connectivity index (χ3n) is 3.64. The highest BCUT2D eigenvalue weighted by atomic mass is 32.2. The van der Waals surface area contributed by atoms with Gasteiger partial charge in [0.25, 0.3) is 0 Å². The Labute approximate surface area is 104 Å². The summed E-state index contributed by atoms with van der Waals surface area (Å²) in [5.41, 5.74) is 0. The van der Waals surface area contributed by atoms with Crippen LogP contribution in [-0.2, 0) is 14.8 Å². The van der Waals surface area contributed by atoms with Crippen LogP contribution in [0.4, 0.5) is 0 Å². The molecule has 2 fully saturated rings. The molecule has 2 aliphatic heterocycles. The Bertz CT molecular complexity index is 339. The molecular formula is C11H22N2O3S. The smallest absolute Gasteiger partial charge is 0.215 e. The van der Waals surface area contributed by atoms with E-state index in [1.54, 1.807) is 11.4 Å². The maximum atomic E-state index is 12.2. The molecule has 0 saturated carbocycles. The fourth-order valence-corrected chi connectivity index (χ4v) is 4.41. The normalized spacial score (nSPS) is 31.8. The molecule has 2 aliphatic rings. The lowest BCUT2D eigenvalue weighted by Gasteiger charge is -2.31. The third kappa shape index (κ3) is 3.40. The van der Waals surface area contributed by atoms with Crippen molar-refractivity contribution in [1.29, 1.82) is 0 Å². The quantitative estimate of drug-likeness (QED) is 0.785. The summed E-state index contributed by atoms with van der Waals surface area (Å²) >= 11 is 0. The predicted octanol–water partition coefficient (Wildman–Crippen LogP) is 0.179. The average molecular weight is 262 g/mol. The minimum atomic E-state index is -3.12. The number of rotatable bonds is 4. The highest BCUT2D eigenvalue weighted by Crippen LogP contribution is 2.18. The topological polar surface area (TPSA) is 58.6 Å². The van der Waals surface area contributed by atoms with E-state index in [9.17, 15) is 8.42 Å². The van der Waals surface area contributed by atoms with Crippen LogP contribution in [0.1, 0.15) is 25.7 Å². The lowest BCUT2D eigenvalue weighted by Crippen LogP contribution is -2.46. The summed E-state index contributed by atoms with van der Waals surface area (Å²) in [4.78, 5) is 0. The standard InChI is InChI=1S/C11H22N2O3S/c1-16-11-5-3-7-13(8-11)17(14,15)9-10-4-2-6-12-10/h10-12H,2-9H2,1H3. The molecule has 0 aromatic heterocycles. The van der Waals surface area contributed by atoms with Gasteiger partial charge in [0.15, 0.2) is 0 Å². The van der Waals surface area contributed by atoms with Gasteiger partial charge in [-0.1, -0.05) is 0 Å². The van der Waals surface area contributed by atoms with Gasteiger partial charge in [0.1, 0.15) is 0 Å². The lowest BCUT2D eigenvalue weighted by atomic mass is 10.1. The first-order valence-electron chi connectivity index (χ1n) is 6.36. The summed E-state index contributed by atoms with van der Waals surface area (Å²) in [5, 5.41) is 3.24. The van der Waals surface area contributed by atoms with Gasteiger partial charge in [-0.2, -0.15) is 4.31 Å². The van der Waals surface area contributed by atoms with Crippen molar-refractivity contribution in [3.63, 3.8) is 0 Å². The molecule has 0 bridgehead atoms. The Kier molecular flexibility index (Phi) is 4.41. The van der Waals surface area contributed by atoms with Crippen LogP contribution in [0.25, 0.3) is 0 Å². The number of hydrogen-bond acceptors (Lipinski definition) is 4. The third-order valence-corrected chi connectivity index (χ3v) is 5.58. The molecule has 2 saturated heterocycles. The second-order valence-corrected chi connectivity index (χ2v) is 6.94. The Morgan fingerprint density at radius 1 is 1.35 bits per heavy atom. The summed E-state index contributed by atoms with van der Waals surface area (Å²) in [6, 6.07) is 0.142. The molecule has 0 aromatic carbocycles. The van der Waals surface area contributed by atoms with Crippen molar-refractivity contribution >= 4 is 10.0 Å². The van der Waals surface area contributed by atoms with Gasteiger partial charge in [0.2, 0.25) is 10.0 Å². The number of nitrogens with zero attached hydrogens (tertiary/aromatic N) is 1. The van der Waals surface area contributed by atoms with Gasteiger partial charge < -0.3 is 10.1 Å². The summed E-state index contributed by atoms with van der Waals surface area (Å²) < 4.78 is 31.3. The molecule has 1 N–H and O–H groups in total. The van der Waals surface area contributed by atoms with Crippen LogP contribution in [0.15, 0.2) is 0 Å². The molecule has 2 heterocycles. The number of ether oxygens (including phenoxy) is 1. The van der Waals surface area contributed by atoms with Crippen LogP contribution < -0.4 is 5.32 Å². The summed E-state index contributed by atoms with van der Waals surface area (Å²) in [6.45, 7) is 2.11. The molecule has 0 radical (unpaired) electrons. The molecule has 2 unspecified atom stereocenters. The zero-order valence-corrected chi connectivity index (χ0v) is 11.2. The summed E-state index contributed by atoms with van der Waals surface area (Å²) in [6.07, 6.45) is 3.98. The predicted molar refractivity (Wildman–Crippen MR) is 66.4 cm³/mol. The van der Waals surface area contributed by atoms with E-state index in [4.69, 9.17) is 4.74 Å². The molecule has 6 heteroatoms. The monoisotopic (exact) mass is 262 g/mol. The first kappa shape index (κ1) is 13.3. The maximum Gasteiger partial charge on any atom is 0.215 e. The van der Waals surface area contributed by atoms with Crippen LogP contribution in [0, 0.1) is 0 Å². The molecule has 0 aromatic rings. The van der Waals surface area contributed by atoms with Crippen molar-refractivity contribution in [2.45, 2.75) is 37.8 Å². The average Bonchev–Trinajstić information content (AvgIpc) is 2.81. The Morgan fingerprint density at radius 2 is 2.18 bits per heavy atom. The van der Waals surface area contributed by atoms with Gasteiger partial charge in [-0.05, 0) is 32.2 Å². The van der Waals surface area contributed by atoms with Crippen LogP contribution in [-0.4, -0.2) is 57.4 Å². The van der Waals surface area contributed by atoms with Crippen LogP contribution in [0.3, 0.4) is 0 Å². The van der Waals surface area contributed by atoms with Crippen LogP contribution >= 0.6 is 0 Å². The Hall–Kier alpha value is -0.170. The molecular weight excluding hydrogens is 240 g/mol. The fraction of sp³-hybridized carbons (Fsp3) is 1.00. The van der Waals surface area contributed by atoms with E-state index in [0.29, 0.717) is 13.1 Å². The zero-order valence-electron chi connectivity index (χ0n) is 10.4. The fourth-order valence-electron chi connectivity index (χ4n) is 2.61. The second-order valence-electron chi connectivity index (χ2n) is 4.93. The van der Waals surface area contributed by atoms with Crippen molar-refractivity contribution in [3.05, 3.63) is 0 Å². The number of methoxy groups -OCH3 is 1. The van der Waals surface area contributed by atoms with Crippen molar-refractivity contribution in [2.24, 2.45) is 0 Å². The number of hydrogen-bond donors (Lipinski definition) is 1. The van der Waals surface area contributed by atoms with E-state index in [2.05, 4.69) is 5.32 Å². The maximum absolute atomic E-state index is 12.2. The van der Waals surface area contributed by atoms with E-state index in [0.717, 1.165) is 32.2 Å². The number of nitrogens with one attached hydrogen (secondary N) is 1. The first-order valence-corrected chi connectivity index (χ1v) is 7.97. The number of piperidine rings is 1. The van der Waals surface area contributed by atoms with Crippen molar-refractivity contribution in [3.8, 4) is 0 Å². The van der Waals surface area contributed by atoms with Crippen molar-refractivity contribution in [2.75, 3.05) is 32.5 Å². The van der Waals surface area contributed by atoms with Gasteiger partial charge in [-0.25, -0.2) is 8.42 Å². The van der Waals surface area contributed by atoms with Gasteiger partial charge in [0, 0.05) is 26.2 Å². The van der Waals surface area contributed by atoms with Crippen molar-refractivity contribution in [1.82, 2.24) is 9.62 Å². The zero-order chi connectivity index (χ0) is 12.3. The van der Waals surface area contributed by atoms with Crippen LogP contribution in [0.2, 0.25) is 0 Å². The lowest BCUT2D eigenvalue weighted by molar-refractivity contribution is 0.0571. The molecule has 0 aliphatic carbocycles. The van der Waals surface area contributed by atoms with Gasteiger partial charge in [0.05, 0.1) is 11.9 Å². The summed E-state index contributed by atoms with van der Waals surface area (Å²) in [7, 11) is -1.47. The molecule has 2 atom stereocenters. The first-order chi connectivity index (χ1) is 8.12. The molecule has 100 valence electrons. The Morgan fingerprint density at radius 3 is 2.82 bits per heavy atom. The van der Waals surface area contributed by atoms with Crippen LogP contribution in [0.5, 0.6) is 0 Å². The molecule has 2 rings (SSSR count). The second kappa shape index (κ2) is 5.65. The van der Waals surface area contributed by atoms with E-state index in [1.165, 1.54) is 0 Å². The summed E-state index contributed by atoms with van der Waals surface area (Å²) in [5.74, 6) is 0.240. The van der Waals surface area contributed by atoms with Gasteiger partial charge >= 0.3 is 0 Å². The molecule has 17 heavy (non-hydrogen) atoms. The van der Waals surface area contributed by atoms with Gasteiger partial charge in [-0.15, -0.1) is 0 Å². The molecule has 0 amide bonds. The van der Waals surface area contributed by atoms with E-state index in [-0.39, 0.29) is 17.9 Å². The van der Waals surface area contributed by atoms with E-state index < -0.39 is 10.0 Å². The molecule has 5 nitrogen and oxygen atoms in total. The minimum absolute atomic E-state index is 0.0649. The largest absolute Gasteiger partial charge is 0.380 e. The molecule has 0 spiro atoms. The SMILES string of the molecule is COC1CCCN(S(=O)(=O)CC2CCCN2)C1. The Balaban J connectivity index is 1.94. The van der Waals surface area contributed by atoms with Crippen molar-refractivity contribution < 1.29 is 13.2 Å². The minimum Gasteiger partial charge on any atom is -0.380 e. The van der Waals surface area contributed by atoms with Gasteiger partial charge in [-0.3, -0.25) is 0 Å². The van der Waals surface area contributed by atoms with E-state index in [1.807, 2.05) is 0 Å². The number of sulfonamides is 1. The highest BCUT2D eigenvalue weighted by molar-refractivity contribution is 7.89. The highest BCUT2D eigenvalue weighted by Gasteiger charge is 2.31. The van der Waals surface area contributed by atoms with E-state index >= 15 is 0 Å².